The van der Waals surface area contributed by atoms with Crippen LogP contribution < -0.4 is 5.32 Å². The van der Waals surface area contributed by atoms with E-state index in [-0.39, 0.29) is 21.5 Å². The van der Waals surface area contributed by atoms with Gasteiger partial charge in [0.05, 0.1) is 5.02 Å². The minimum Gasteiger partial charge on any atom is -0.478 e. The fourth-order valence-electron chi connectivity index (χ4n) is 0.964. The highest BCUT2D eigenvalue weighted by atomic mass is 35.5. The fraction of sp³-hybridized carbons (Fsp3) is 0.400. The second-order valence-electron chi connectivity index (χ2n) is 2.66. The average molecular weight is 264 g/mol. The number of rotatable bonds is 2. The number of carbonyl (C=O) groups is 2. The molecule has 0 aliphatic heterocycles. The van der Waals surface area contributed by atoms with Crippen LogP contribution in [0.4, 0.5) is 5.00 Å². The van der Waals surface area contributed by atoms with Crippen molar-refractivity contribution >= 4 is 39.8 Å². The summed E-state index contributed by atoms with van der Waals surface area (Å²) in [6.45, 7) is 7.01. The van der Waals surface area contributed by atoms with Crippen molar-refractivity contribution in [2.75, 3.05) is 5.32 Å². The third-order valence-electron chi connectivity index (χ3n) is 1.51. The molecule has 0 aliphatic rings. The molecule has 1 rings (SSSR count). The number of halogens is 1. The van der Waals surface area contributed by atoms with Crippen molar-refractivity contribution in [2.24, 2.45) is 0 Å². The number of thiophene rings is 1. The molecule has 6 heteroatoms. The van der Waals surface area contributed by atoms with Gasteiger partial charge in [0.15, 0.2) is 0 Å². The monoisotopic (exact) mass is 263 g/mol. The Labute approximate surface area is 103 Å². The Bertz CT molecular complexity index is 401. The van der Waals surface area contributed by atoms with Crippen molar-refractivity contribution in [2.45, 2.75) is 27.7 Å². The summed E-state index contributed by atoms with van der Waals surface area (Å²) in [5.74, 6) is -1.45. The van der Waals surface area contributed by atoms with E-state index in [9.17, 15) is 9.59 Å². The summed E-state index contributed by atoms with van der Waals surface area (Å²) in [6, 6.07) is 0. The molecule has 0 saturated carbocycles. The van der Waals surface area contributed by atoms with Gasteiger partial charge in [-0.25, -0.2) is 4.79 Å². The Balaban J connectivity index is 0.00000106. The van der Waals surface area contributed by atoms with Crippen LogP contribution >= 0.6 is 22.9 Å². The fourth-order valence-corrected chi connectivity index (χ4v) is 2.29. The molecule has 1 aromatic rings. The van der Waals surface area contributed by atoms with Crippen LogP contribution in [0, 0.1) is 6.92 Å². The highest BCUT2D eigenvalue weighted by molar-refractivity contribution is 7.17. The first kappa shape index (κ1) is 14.9. The van der Waals surface area contributed by atoms with Crippen molar-refractivity contribution in [1.29, 1.82) is 0 Å². The summed E-state index contributed by atoms with van der Waals surface area (Å²) in [5.41, 5.74) is -0.0376. The van der Waals surface area contributed by atoms with Crippen LogP contribution in [0.1, 0.15) is 36.0 Å². The molecule has 0 aromatic carbocycles. The van der Waals surface area contributed by atoms with Crippen molar-refractivity contribution in [1.82, 2.24) is 0 Å². The summed E-state index contributed by atoms with van der Waals surface area (Å²) in [4.78, 5) is 22.3. The standard InChI is InChI=1S/C8H8ClNO3S.C2H6/c1-3-6(9)5(8(12)13)7(14-3)10-4(2)11;1-2/h1-2H3,(H,10,11)(H,12,13);1-2H3. The van der Waals surface area contributed by atoms with E-state index < -0.39 is 5.97 Å². The number of anilines is 1. The average Bonchev–Trinajstić information content (AvgIpc) is 2.44. The van der Waals surface area contributed by atoms with Gasteiger partial charge in [-0.2, -0.15) is 0 Å². The number of nitrogens with one attached hydrogen (secondary N) is 1. The minimum atomic E-state index is -1.14. The summed E-state index contributed by atoms with van der Waals surface area (Å²) < 4.78 is 0. The van der Waals surface area contributed by atoms with Gasteiger partial charge in [0.25, 0.3) is 0 Å². The molecule has 1 heterocycles. The van der Waals surface area contributed by atoms with Crippen LogP contribution in [-0.4, -0.2) is 17.0 Å². The molecule has 0 aliphatic carbocycles. The van der Waals surface area contributed by atoms with E-state index in [2.05, 4.69) is 5.32 Å². The first-order valence-electron chi connectivity index (χ1n) is 4.73. The zero-order valence-corrected chi connectivity index (χ0v) is 11.1. The maximum atomic E-state index is 10.8. The number of hydrogen-bond donors (Lipinski definition) is 2. The number of carbonyl (C=O) groups excluding carboxylic acids is 1. The zero-order chi connectivity index (χ0) is 12.9. The maximum absolute atomic E-state index is 10.8. The molecule has 0 fully saturated rings. The van der Waals surface area contributed by atoms with Crippen LogP contribution in [0.3, 0.4) is 0 Å². The van der Waals surface area contributed by atoms with Gasteiger partial charge in [0.1, 0.15) is 10.6 Å². The number of carboxylic acid groups (broad SMARTS) is 1. The lowest BCUT2D eigenvalue weighted by molar-refractivity contribution is -0.114. The highest BCUT2D eigenvalue weighted by Gasteiger charge is 2.20. The van der Waals surface area contributed by atoms with E-state index in [1.165, 1.54) is 6.92 Å². The van der Waals surface area contributed by atoms with E-state index in [4.69, 9.17) is 16.7 Å². The predicted octanol–water partition coefficient (Wildman–Crippen LogP) is 3.39. The first-order valence-corrected chi connectivity index (χ1v) is 5.92. The van der Waals surface area contributed by atoms with Crippen molar-refractivity contribution in [3.63, 3.8) is 0 Å². The van der Waals surface area contributed by atoms with Crippen LogP contribution in [0.2, 0.25) is 5.02 Å². The predicted molar refractivity (Wildman–Crippen MR) is 66.7 cm³/mol. The molecule has 0 saturated heterocycles. The molecule has 0 atom stereocenters. The quantitative estimate of drug-likeness (QED) is 0.859. The molecule has 4 nitrogen and oxygen atoms in total. The first-order chi connectivity index (χ1) is 7.43. The smallest absolute Gasteiger partial charge is 0.340 e. The third-order valence-corrected chi connectivity index (χ3v) is 3.12. The van der Waals surface area contributed by atoms with Gasteiger partial charge in [0, 0.05) is 11.8 Å². The molecule has 0 spiro atoms. The van der Waals surface area contributed by atoms with Crippen LogP contribution in [0.5, 0.6) is 0 Å². The lowest BCUT2D eigenvalue weighted by Crippen LogP contribution is -2.08. The zero-order valence-electron chi connectivity index (χ0n) is 9.55. The summed E-state index contributed by atoms with van der Waals surface area (Å²) in [6.07, 6.45) is 0. The number of aryl methyl sites for hydroxylation is 1. The highest BCUT2D eigenvalue weighted by Crippen LogP contribution is 2.36. The second-order valence-corrected chi connectivity index (χ2v) is 4.27. The Morgan fingerprint density at radius 1 is 1.38 bits per heavy atom. The largest absolute Gasteiger partial charge is 0.478 e. The minimum absolute atomic E-state index is 0.0376. The molecule has 0 unspecified atom stereocenters. The number of carboxylic acids is 1. The Morgan fingerprint density at radius 3 is 2.25 bits per heavy atom. The van der Waals surface area contributed by atoms with Gasteiger partial charge < -0.3 is 10.4 Å². The van der Waals surface area contributed by atoms with Gasteiger partial charge in [0.2, 0.25) is 5.91 Å². The lowest BCUT2D eigenvalue weighted by Gasteiger charge is -1.99. The molecule has 2 N–H and O–H groups in total. The maximum Gasteiger partial charge on any atom is 0.340 e. The van der Waals surface area contributed by atoms with E-state index in [1.54, 1.807) is 6.92 Å². The third kappa shape index (κ3) is 3.50. The number of amides is 1. The molecule has 1 amide bonds. The number of aromatic carboxylic acids is 1. The molecule has 0 bridgehead atoms. The van der Waals surface area contributed by atoms with Crippen LogP contribution in [0.15, 0.2) is 0 Å². The molecule has 0 radical (unpaired) electrons. The Morgan fingerprint density at radius 2 is 1.88 bits per heavy atom. The Hall–Kier alpha value is -1.07. The summed E-state index contributed by atoms with van der Waals surface area (Å²) in [5, 5.41) is 11.7. The van der Waals surface area contributed by atoms with Crippen LogP contribution in [-0.2, 0) is 4.79 Å². The van der Waals surface area contributed by atoms with E-state index in [0.717, 1.165) is 11.3 Å². The number of hydrogen-bond acceptors (Lipinski definition) is 3. The summed E-state index contributed by atoms with van der Waals surface area (Å²) >= 11 is 6.92. The lowest BCUT2D eigenvalue weighted by atomic mass is 10.3. The topological polar surface area (TPSA) is 66.4 Å². The Kier molecular flexibility index (Phi) is 6.06. The van der Waals surface area contributed by atoms with E-state index in [0.29, 0.717) is 4.88 Å². The molecular formula is C10H14ClNO3S. The van der Waals surface area contributed by atoms with Gasteiger partial charge in [-0.15, -0.1) is 11.3 Å². The van der Waals surface area contributed by atoms with Gasteiger partial charge in [-0.05, 0) is 6.92 Å². The van der Waals surface area contributed by atoms with Gasteiger partial charge in [-0.1, -0.05) is 25.4 Å². The molecule has 90 valence electrons. The van der Waals surface area contributed by atoms with Gasteiger partial charge >= 0.3 is 5.97 Å². The summed E-state index contributed by atoms with van der Waals surface area (Å²) in [7, 11) is 0. The van der Waals surface area contributed by atoms with Crippen molar-refractivity contribution < 1.29 is 14.7 Å². The second kappa shape index (κ2) is 6.50. The molecular weight excluding hydrogens is 250 g/mol. The van der Waals surface area contributed by atoms with E-state index in [1.807, 2.05) is 13.8 Å². The normalized spacial score (nSPS) is 9.06. The van der Waals surface area contributed by atoms with Crippen LogP contribution in [0.25, 0.3) is 0 Å². The SMILES string of the molecule is CC.CC(=O)Nc1sc(C)c(Cl)c1C(=O)O. The van der Waals surface area contributed by atoms with Gasteiger partial charge in [-0.3, -0.25) is 4.79 Å². The molecule has 1 aromatic heterocycles. The van der Waals surface area contributed by atoms with E-state index >= 15 is 0 Å². The van der Waals surface area contributed by atoms with Crippen molar-refractivity contribution in [3.05, 3.63) is 15.5 Å². The van der Waals surface area contributed by atoms with Crippen molar-refractivity contribution in [3.8, 4) is 0 Å². The molecule has 16 heavy (non-hydrogen) atoms.